The Labute approximate surface area is 131 Å². The van der Waals surface area contributed by atoms with Gasteiger partial charge < -0.3 is 15.4 Å². The molecule has 1 atom stereocenters. The molecule has 22 heavy (non-hydrogen) atoms. The monoisotopic (exact) mass is 301 g/mol. The summed E-state index contributed by atoms with van der Waals surface area (Å²) in [6.45, 7) is 8.02. The summed E-state index contributed by atoms with van der Waals surface area (Å²) in [7, 11) is 0. The number of fused-ring (bicyclic) bond motifs is 1. The average molecular weight is 301 g/mol. The average Bonchev–Trinajstić information content (AvgIpc) is 2.44. The van der Waals surface area contributed by atoms with Crippen LogP contribution in [0.1, 0.15) is 27.7 Å². The van der Waals surface area contributed by atoms with Gasteiger partial charge in [-0.15, -0.1) is 0 Å². The zero-order chi connectivity index (χ0) is 16.2. The number of hydrogen-bond acceptors (Lipinski definition) is 4. The number of ether oxygens (including phenoxy) is 1. The molecule has 0 aliphatic carbocycles. The number of carbonyl (C=O) groups excluding carboxylic acids is 1. The molecule has 0 saturated heterocycles. The van der Waals surface area contributed by atoms with E-state index in [1.165, 1.54) is 0 Å². The molecule has 0 fully saturated rings. The lowest BCUT2D eigenvalue weighted by Crippen LogP contribution is -2.38. The number of aromatic nitrogens is 1. The molecule has 0 aliphatic heterocycles. The summed E-state index contributed by atoms with van der Waals surface area (Å²) in [5.74, 6) is 0. The Hall–Kier alpha value is -2.30. The van der Waals surface area contributed by atoms with E-state index in [1.54, 1.807) is 6.20 Å². The molecule has 2 rings (SSSR count). The van der Waals surface area contributed by atoms with Gasteiger partial charge in [0.15, 0.2) is 0 Å². The molecular formula is C17H23N3O2. The number of pyridine rings is 1. The largest absolute Gasteiger partial charge is 0.444 e. The molecule has 1 aromatic carbocycles. The second-order valence-corrected chi connectivity index (χ2v) is 6.30. The van der Waals surface area contributed by atoms with E-state index >= 15 is 0 Å². The van der Waals surface area contributed by atoms with Gasteiger partial charge in [0.25, 0.3) is 0 Å². The molecule has 0 bridgehead atoms. The van der Waals surface area contributed by atoms with E-state index in [4.69, 9.17) is 4.74 Å². The number of amides is 1. The standard InChI is InChI=1S/C17H23N3O2/c1-12(11-19-16(21)22-17(2,3)4)20-15-9-5-8-14-13(15)7-6-10-18-14/h5-10,12,20H,11H2,1-4H3,(H,19,21). The predicted octanol–water partition coefficient (Wildman–Crippen LogP) is 3.56. The van der Waals surface area contributed by atoms with Crippen LogP contribution in [0.25, 0.3) is 10.9 Å². The van der Waals surface area contributed by atoms with Gasteiger partial charge in [-0.2, -0.15) is 0 Å². The molecule has 0 radical (unpaired) electrons. The Kier molecular flexibility index (Phi) is 4.85. The van der Waals surface area contributed by atoms with E-state index in [0.29, 0.717) is 6.54 Å². The van der Waals surface area contributed by atoms with E-state index in [0.717, 1.165) is 16.6 Å². The third-order valence-corrected chi connectivity index (χ3v) is 3.00. The molecule has 0 spiro atoms. The van der Waals surface area contributed by atoms with Gasteiger partial charge in [-0.05, 0) is 52.0 Å². The van der Waals surface area contributed by atoms with Crippen LogP contribution in [-0.4, -0.2) is 29.3 Å². The number of anilines is 1. The van der Waals surface area contributed by atoms with Crippen molar-refractivity contribution in [2.45, 2.75) is 39.3 Å². The van der Waals surface area contributed by atoms with Crippen LogP contribution in [-0.2, 0) is 4.74 Å². The number of benzene rings is 1. The maximum Gasteiger partial charge on any atom is 0.407 e. The molecule has 5 heteroatoms. The Morgan fingerprint density at radius 1 is 1.27 bits per heavy atom. The van der Waals surface area contributed by atoms with Crippen molar-refractivity contribution in [1.29, 1.82) is 0 Å². The Bertz CT molecular complexity index is 644. The first kappa shape index (κ1) is 16.1. The van der Waals surface area contributed by atoms with Crippen molar-refractivity contribution in [2.24, 2.45) is 0 Å². The lowest BCUT2D eigenvalue weighted by molar-refractivity contribution is 0.0526. The number of alkyl carbamates (subject to hydrolysis) is 1. The highest BCUT2D eigenvalue weighted by atomic mass is 16.6. The second kappa shape index (κ2) is 6.64. The van der Waals surface area contributed by atoms with Gasteiger partial charge >= 0.3 is 6.09 Å². The maximum atomic E-state index is 11.7. The van der Waals surface area contributed by atoms with Crippen LogP contribution in [0, 0.1) is 0 Å². The highest BCUT2D eigenvalue weighted by molar-refractivity contribution is 5.91. The van der Waals surface area contributed by atoms with Crippen molar-refractivity contribution >= 4 is 22.7 Å². The summed E-state index contributed by atoms with van der Waals surface area (Å²) in [5, 5.41) is 7.22. The van der Waals surface area contributed by atoms with E-state index in [2.05, 4.69) is 15.6 Å². The quantitative estimate of drug-likeness (QED) is 0.906. The molecule has 5 nitrogen and oxygen atoms in total. The number of carbonyl (C=O) groups is 1. The normalized spacial score (nSPS) is 12.7. The Morgan fingerprint density at radius 3 is 2.77 bits per heavy atom. The second-order valence-electron chi connectivity index (χ2n) is 6.30. The third kappa shape index (κ3) is 4.62. The molecule has 1 amide bonds. The van der Waals surface area contributed by atoms with E-state index in [9.17, 15) is 4.79 Å². The van der Waals surface area contributed by atoms with E-state index in [-0.39, 0.29) is 6.04 Å². The van der Waals surface area contributed by atoms with E-state index in [1.807, 2.05) is 58.0 Å². The Balaban J connectivity index is 1.94. The van der Waals surface area contributed by atoms with Crippen LogP contribution < -0.4 is 10.6 Å². The summed E-state index contributed by atoms with van der Waals surface area (Å²) >= 11 is 0. The molecule has 0 saturated carbocycles. The molecule has 0 aliphatic rings. The fourth-order valence-electron chi connectivity index (χ4n) is 2.10. The van der Waals surface area contributed by atoms with Gasteiger partial charge in [0.05, 0.1) is 5.52 Å². The number of nitrogens with zero attached hydrogens (tertiary/aromatic N) is 1. The lowest BCUT2D eigenvalue weighted by atomic mass is 10.1. The molecule has 118 valence electrons. The minimum Gasteiger partial charge on any atom is -0.444 e. The summed E-state index contributed by atoms with van der Waals surface area (Å²) in [6, 6.07) is 9.96. The van der Waals surface area contributed by atoms with Crippen molar-refractivity contribution in [3.63, 3.8) is 0 Å². The van der Waals surface area contributed by atoms with Crippen LogP contribution in [0.2, 0.25) is 0 Å². The van der Waals surface area contributed by atoms with Crippen molar-refractivity contribution in [1.82, 2.24) is 10.3 Å². The van der Waals surface area contributed by atoms with Crippen molar-refractivity contribution in [2.75, 3.05) is 11.9 Å². The van der Waals surface area contributed by atoms with Crippen molar-refractivity contribution in [3.05, 3.63) is 36.5 Å². The van der Waals surface area contributed by atoms with Crippen LogP contribution in [0.5, 0.6) is 0 Å². The zero-order valence-corrected chi connectivity index (χ0v) is 13.5. The van der Waals surface area contributed by atoms with Gasteiger partial charge in [0.2, 0.25) is 0 Å². The first-order chi connectivity index (χ1) is 10.3. The predicted molar refractivity (Wildman–Crippen MR) is 89.1 cm³/mol. The summed E-state index contributed by atoms with van der Waals surface area (Å²) < 4.78 is 5.22. The van der Waals surface area contributed by atoms with Crippen LogP contribution in [0.15, 0.2) is 36.5 Å². The minimum absolute atomic E-state index is 0.0679. The third-order valence-electron chi connectivity index (χ3n) is 3.00. The maximum absolute atomic E-state index is 11.7. The van der Waals surface area contributed by atoms with E-state index < -0.39 is 11.7 Å². The molecular weight excluding hydrogens is 278 g/mol. The SMILES string of the molecule is CC(CNC(=O)OC(C)(C)C)Nc1cccc2ncccc12. The molecule has 2 N–H and O–H groups in total. The smallest absolute Gasteiger partial charge is 0.407 e. The van der Waals surface area contributed by atoms with Gasteiger partial charge in [0, 0.05) is 29.9 Å². The van der Waals surface area contributed by atoms with Crippen molar-refractivity contribution < 1.29 is 9.53 Å². The lowest BCUT2D eigenvalue weighted by Gasteiger charge is -2.21. The van der Waals surface area contributed by atoms with Gasteiger partial charge in [0.1, 0.15) is 5.60 Å². The van der Waals surface area contributed by atoms with Gasteiger partial charge in [-0.3, -0.25) is 4.98 Å². The number of rotatable bonds is 4. The highest BCUT2D eigenvalue weighted by Crippen LogP contribution is 2.21. The fourth-order valence-corrected chi connectivity index (χ4v) is 2.10. The Morgan fingerprint density at radius 2 is 2.05 bits per heavy atom. The molecule has 1 aromatic heterocycles. The zero-order valence-electron chi connectivity index (χ0n) is 13.5. The first-order valence-electron chi connectivity index (χ1n) is 7.42. The molecule has 2 aromatic rings. The van der Waals surface area contributed by atoms with Gasteiger partial charge in [-0.1, -0.05) is 6.07 Å². The molecule has 1 unspecified atom stereocenters. The minimum atomic E-state index is -0.484. The van der Waals surface area contributed by atoms with Crippen LogP contribution in [0.4, 0.5) is 10.5 Å². The van der Waals surface area contributed by atoms with Crippen LogP contribution >= 0.6 is 0 Å². The first-order valence-corrected chi connectivity index (χ1v) is 7.42. The highest BCUT2D eigenvalue weighted by Gasteiger charge is 2.16. The fraction of sp³-hybridized carbons (Fsp3) is 0.412. The molecule has 1 heterocycles. The van der Waals surface area contributed by atoms with Crippen molar-refractivity contribution in [3.8, 4) is 0 Å². The summed E-state index contributed by atoms with van der Waals surface area (Å²) in [6.07, 6.45) is 1.38. The number of hydrogen-bond donors (Lipinski definition) is 2. The van der Waals surface area contributed by atoms with Gasteiger partial charge in [-0.25, -0.2) is 4.79 Å². The number of nitrogens with one attached hydrogen (secondary N) is 2. The summed E-state index contributed by atoms with van der Waals surface area (Å²) in [5.41, 5.74) is 1.46. The topological polar surface area (TPSA) is 63.2 Å². The van der Waals surface area contributed by atoms with Crippen LogP contribution in [0.3, 0.4) is 0 Å². The summed E-state index contributed by atoms with van der Waals surface area (Å²) in [4.78, 5) is 16.0.